The van der Waals surface area contributed by atoms with Crippen molar-refractivity contribution in [3.8, 4) is 5.75 Å². The van der Waals surface area contributed by atoms with E-state index in [9.17, 15) is 0 Å². The van der Waals surface area contributed by atoms with Crippen molar-refractivity contribution in [1.29, 1.82) is 0 Å². The van der Waals surface area contributed by atoms with Crippen LogP contribution in [0.25, 0.3) is 0 Å². The molecule has 1 aliphatic rings. The molecule has 0 atom stereocenters. The highest BCUT2D eigenvalue weighted by molar-refractivity contribution is 9.10. The Morgan fingerprint density at radius 3 is 2.56 bits per heavy atom. The lowest BCUT2D eigenvalue weighted by Gasteiger charge is -2.32. The highest BCUT2D eigenvalue weighted by Gasteiger charge is 2.14. The SMILES string of the molecule is CCOc1ccc(CN2CCN(C)CC2)cc1Br. The second-order valence-corrected chi connectivity index (χ2v) is 5.63. The van der Waals surface area contributed by atoms with Crippen LogP contribution in [0, 0.1) is 0 Å². The maximum absolute atomic E-state index is 5.53. The first-order chi connectivity index (χ1) is 8.69. The summed E-state index contributed by atoms with van der Waals surface area (Å²) in [6, 6.07) is 6.39. The number of piperazine rings is 1. The summed E-state index contributed by atoms with van der Waals surface area (Å²) >= 11 is 3.57. The van der Waals surface area contributed by atoms with E-state index in [4.69, 9.17) is 4.74 Å². The van der Waals surface area contributed by atoms with Crippen LogP contribution in [0.1, 0.15) is 12.5 Å². The van der Waals surface area contributed by atoms with Gasteiger partial charge in [-0.3, -0.25) is 4.90 Å². The normalized spacial score (nSPS) is 17.9. The van der Waals surface area contributed by atoms with E-state index in [0.29, 0.717) is 6.61 Å². The number of rotatable bonds is 4. The lowest BCUT2D eigenvalue weighted by Crippen LogP contribution is -2.43. The second-order valence-electron chi connectivity index (χ2n) is 4.78. The third kappa shape index (κ3) is 3.70. The molecule has 100 valence electrons. The summed E-state index contributed by atoms with van der Waals surface area (Å²) in [5, 5.41) is 0. The first-order valence-electron chi connectivity index (χ1n) is 6.51. The molecule has 0 aliphatic carbocycles. The third-order valence-electron chi connectivity index (χ3n) is 3.30. The van der Waals surface area contributed by atoms with Crippen molar-refractivity contribution >= 4 is 15.9 Å². The van der Waals surface area contributed by atoms with E-state index in [0.717, 1.165) is 42.9 Å². The molecule has 3 nitrogen and oxygen atoms in total. The number of nitrogens with zero attached hydrogens (tertiary/aromatic N) is 2. The minimum Gasteiger partial charge on any atom is -0.493 e. The Balaban J connectivity index is 1.95. The van der Waals surface area contributed by atoms with E-state index in [1.807, 2.05) is 6.92 Å². The molecule has 0 unspecified atom stereocenters. The first-order valence-corrected chi connectivity index (χ1v) is 7.30. The van der Waals surface area contributed by atoms with E-state index in [1.54, 1.807) is 0 Å². The van der Waals surface area contributed by atoms with Gasteiger partial charge in [0.25, 0.3) is 0 Å². The molecular weight excluding hydrogens is 292 g/mol. The Labute approximate surface area is 118 Å². The number of benzene rings is 1. The van der Waals surface area contributed by atoms with Gasteiger partial charge in [0, 0.05) is 32.7 Å². The summed E-state index contributed by atoms with van der Waals surface area (Å²) in [7, 11) is 2.19. The maximum Gasteiger partial charge on any atom is 0.133 e. The van der Waals surface area contributed by atoms with Crippen LogP contribution in [0.4, 0.5) is 0 Å². The van der Waals surface area contributed by atoms with Crippen LogP contribution < -0.4 is 4.74 Å². The molecule has 0 radical (unpaired) electrons. The average Bonchev–Trinajstić information content (AvgIpc) is 2.36. The molecule has 1 fully saturated rings. The van der Waals surface area contributed by atoms with Gasteiger partial charge in [-0.2, -0.15) is 0 Å². The molecule has 0 saturated carbocycles. The molecule has 1 aliphatic heterocycles. The summed E-state index contributed by atoms with van der Waals surface area (Å²) in [6.45, 7) is 8.37. The number of likely N-dealkylation sites (N-methyl/N-ethyl adjacent to an activating group) is 1. The summed E-state index contributed by atoms with van der Waals surface area (Å²) < 4.78 is 6.58. The minimum absolute atomic E-state index is 0.705. The fourth-order valence-electron chi connectivity index (χ4n) is 2.18. The Morgan fingerprint density at radius 2 is 1.94 bits per heavy atom. The fourth-order valence-corrected chi connectivity index (χ4v) is 2.72. The van der Waals surface area contributed by atoms with Gasteiger partial charge in [-0.1, -0.05) is 6.07 Å². The van der Waals surface area contributed by atoms with Crippen molar-refractivity contribution in [2.24, 2.45) is 0 Å². The van der Waals surface area contributed by atoms with Crippen molar-refractivity contribution in [3.05, 3.63) is 28.2 Å². The smallest absolute Gasteiger partial charge is 0.133 e. The molecule has 0 amide bonds. The van der Waals surface area contributed by atoms with Gasteiger partial charge in [0.05, 0.1) is 11.1 Å². The van der Waals surface area contributed by atoms with E-state index in [1.165, 1.54) is 5.56 Å². The van der Waals surface area contributed by atoms with Gasteiger partial charge in [-0.25, -0.2) is 0 Å². The fraction of sp³-hybridized carbons (Fsp3) is 0.571. The van der Waals surface area contributed by atoms with Crippen LogP contribution >= 0.6 is 15.9 Å². The lowest BCUT2D eigenvalue weighted by molar-refractivity contribution is 0.148. The van der Waals surface area contributed by atoms with Gasteiger partial charge in [0.1, 0.15) is 5.75 Å². The van der Waals surface area contributed by atoms with Crippen LogP contribution in [0.5, 0.6) is 5.75 Å². The molecule has 4 heteroatoms. The van der Waals surface area contributed by atoms with Crippen molar-refractivity contribution in [2.75, 3.05) is 39.8 Å². The number of ether oxygens (including phenoxy) is 1. The summed E-state index contributed by atoms with van der Waals surface area (Å²) in [6.07, 6.45) is 0. The molecule has 0 bridgehead atoms. The molecule has 2 rings (SSSR count). The van der Waals surface area contributed by atoms with Crippen molar-refractivity contribution in [2.45, 2.75) is 13.5 Å². The summed E-state index contributed by atoms with van der Waals surface area (Å²) in [5.74, 6) is 0.930. The zero-order valence-electron chi connectivity index (χ0n) is 11.2. The van der Waals surface area contributed by atoms with Crippen LogP contribution in [0.15, 0.2) is 22.7 Å². The zero-order valence-corrected chi connectivity index (χ0v) is 12.7. The predicted molar refractivity (Wildman–Crippen MR) is 78.1 cm³/mol. The lowest BCUT2D eigenvalue weighted by atomic mass is 10.2. The van der Waals surface area contributed by atoms with Crippen LogP contribution in [-0.2, 0) is 6.54 Å². The Bertz CT molecular complexity index is 389. The highest BCUT2D eigenvalue weighted by Crippen LogP contribution is 2.26. The third-order valence-corrected chi connectivity index (χ3v) is 3.92. The highest BCUT2D eigenvalue weighted by atomic mass is 79.9. The standard InChI is InChI=1S/C14H21BrN2O/c1-3-18-14-5-4-12(10-13(14)15)11-17-8-6-16(2)7-9-17/h4-5,10H,3,6-9,11H2,1-2H3. The summed E-state index contributed by atoms with van der Waals surface area (Å²) in [5.41, 5.74) is 1.34. The molecule has 1 heterocycles. The molecule has 0 spiro atoms. The Morgan fingerprint density at radius 1 is 1.22 bits per heavy atom. The van der Waals surface area contributed by atoms with Gasteiger partial charge >= 0.3 is 0 Å². The van der Waals surface area contributed by atoms with Gasteiger partial charge in [0.2, 0.25) is 0 Å². The largest absolute Gasteiger partial charge is 0.493 e. The number of halogens is 1. The predicted octanol–water partition coefficient (Wildman–Crippen LogP) is 2.60. The monoisotopic (exact) mass is 312 g/mol. The summed E-state index contributed by atoms with van der Waals surface area (Å²) in [4.78, 5) is 4.88. The van der Waals surface area contributed by atoms with E-state index in [2.05, 4.69) is 51.0 Å². The van der Waals surface area contributed by atoms with Crippen LogP contribution in [-0.4, -0.2) is 49.6 Å². The molecule has 1 aromatic rings. The molecule has 0 aromatic heterocycles. The number of hydrogen-bond acceptors (Lipinski definition) is 3. The zero-order chi connectivity index (χ0) is 13.0. The van der Waals surface area contributed by atoms with E-state index >= 15 is 0 Å². The number of hydrogen-bond donors (Lipinski definition) is 0. The van der Waals surface area contributed by atoms with Gasteiger partial charge in [-0.15, -0.1) is 0 Å². The van der Waals surface area contributed by atoms with Crippen molar-refractivity contribution in [3.63, 3.8) is 0 Å². The molecule has 18 heavy (non-hydrogen) atoms. The molecular formula is C14H21BrN2O. The topological polar surface area (TPSA) is 15.7 Å². The van der Waals surface area contributed by atoms with E-state index in [-0.39, 0.29) is 0 Å². The molecule has 1 aromatic carbocycles. The first kappa shape index (κ1) is 13.8. The Kier molecular flexibility index (Phi) is 5.03. The maximum atomic E-state index is 5.53. The molecule has 0 N–H and O–H groups in total. The van der Waals surface area contributed by atoms with Crippen LogP contribution in [0.2, 0.25) is 0 Å². The van der Waals surface area contributed by atoms with Gasteiger partial charge in [-0.05, 0) is 47.6 Å². The Hall–Kier alpha value is -0.580. The molecule has 1 saturated heterocycles. The van der Waals surface area contributed by atoms with Crippen molar-refractivity contribution < 1.29 is 4.74 Å². The van der Waals surface area contributed by atoms with Gasteiger partial charge < -0.3 is 9.64 Å². The van der Waals surface area contributed by atoms with Gasteiger partial charge in [0.15, 0.2) is 0 Å². The van der Waals surface area contributed by atoms with Crippen LogP contribution in [0.3, 0.4) is 0 Å². The minimum atomic E-state index is 0.705. The quantitative estimate of drug-likeness (QED) is 0.850. The van der Waals surface area contributed by atoms with E-state index < -0.39 is 0 Å². The van der Waals surface area contributed by atoms with Crippen molar-refractivity contribution in [1.82, 2.24) is 9.80 Å². The second kappa shape index (κ2) is 6.55. The average molecular weight is 313 g/mol.